The number of amides is 1. The van der Waals surface area contributed by atoms with E-state index in [0.29, 0.717) is 30.6 Å². The summed E-state index contributed by atoms with van der Waals surface area (Å²) in [6.07, 6.45) is 0.769. The number of aryl methyl sites for hydroxylation is 2. The highest BCUT2D eigenvalue weighted by atomic mass is 32.1. The average molecular weight is 413 g/mol. The molecular weight excluding hydrogens is 392 g/mol. The third kappa shape index (κ3) is 4.38. The second kappa shape index (κ2) is 8.50. The van der Waals surface area contributed by atoms with Gasteiger partial charge in [0.05, 0.1) is 22.1 Å². The number of nitrogens with one attached hydrogen (secondary N) is 2. The number of nitrogens with zero attached hydrogens (tertiary/aromatic N) is 2. The summed E-state index contributed by atoms with van der Waals surface area (Å²) in [5.41, 5.74) is 2.92. The normalized spacial score (nSPS) is 10.6. The largest absolute Gasteiger partial charge is 0.351 e. The molecule has 0 unspecified atom stereocenters. The number of hydrogen-bond acceptors (Lipinski definition) is 6. The Morgan fingerprint density at radius 3 is 2.79 bits per heavy atom. The van der Waals surface area contributed by atoms with Gasteiger partial charge in [-0.05, 0) is 50.5 Å². The molecule has 0 saturated heterocycles. The van der Waals surface area contributed by atoms with Gasteiger partial charge in [0.15, 0.2) is 0 Å². The van der Waals surface area contributed by atoms with Gasteiger partial charge in [0.25, 0.3) is 5.56 Å². The van der Waals surface area contributed by atoms with Crippen molar-refractivity contribution in [1.82, 2.24) is 15.3 Å². The van der Waals surface area contributed by atoms with Crippen molar-refractivity contribution in [1.29, 1.82) is 5.26 Å². The highest BCUT2D eigenvalue weighted by Crippen LogP contribution is 2.28. The number of rotatable bonds is 6. The minimum absolute atomic E-state index is 0.0667. The molecule has 0 atom stereocenters. The van der Waals surface area contributed by atoms with Crippen molar-refractivity contribution >= 4 is 28.6 Å². The van der Waals surface area contributed by atoms with Crippen molar-refractivity contribution in [3.05, 3.63) is 60.1 Å². The standard InChI is InChI=1S/C20H20N4O2S2/c1-11-15(12(2)23-20(26)16(11)8-21)5-7-19(25)22-9-14-4-6-18(28-14)17-10-27-13(3)24-17/h4,6,10H,5,7,9H2,1-3H3,(H,22,25)(H,23,26). The van der Waals surface area contributed by atoms with Crippen LogP contribution in [0, 0.1) is 32.1 Å². The maximum atomic E-state index is 12.3. The van der Waals surface area contributed by atoms with E-state index in [1.807, 2.05) is 30.5 Å². The number of hydrogen-bond donors (Lipinski definition) is 2. The topological polar surface area (TPSA) is 98.6 Å². The molecule has 0 aromatic carbocycles. The molecule has 28 heavy (non-hydrogen) atoms. The molecule has 3 aromatic rings. The summed E-state index contributed by atoms with van der Waals surface area (Å²) >= 11 is 3.24. The molecule has 144 valence electrons. The lowest BCUT2D eigenvalue weighted by atomic mass is 9.99. The SMILES string of the molecule is Cc1nc(-c2ccc(CNC(=O)CCc3c(C)[nH]c(=O)c(C#N)c3C)s2)cs1. The molecule has 3 heterocycles. The lowest BCUT2D eigenvalue weighted by Crippen LogP contribution is -2.23. The van der Waals surface area contributed by atoms with Crippen LogP contribution in [-0.4, -0.2) is 15.9 Å². The molecule has 0 spiro atoms. The van der Waals surface area contributed by atoms with Gasteiger partial charge in [0, 0.05) is 22.4 Å². The summed E-state index contributed by atoms with van der Waals surface area (Å²) in [7, 11) is 0. The Kier molecular flexibility index (Phi) is 6.07. The number of pyridine rings is 1. The number of thiophene rings is 1. The van der Waals surface area contributed by atoms with Crippen LogP contribution >= 0.6 is 22.7 Å². The second-order valence-corrected chi connectivity index (χ2v) is 8.69. The van der Waals surface area contributed by atoms with Crippen molar-refractivity contribution in [2.24, 2.45) is 0 Å². The van der Waals surface area contributed by atoms with E-state index in [1.165, 1.54) is 0 Å². The number of carbonyl (C=O) groups excluding carboxylic acids is 1. The quantitative estimate of drug-likeness (QED) is 0.646. The van der Waals surface area contributed by atoms with Crippen molar-refractivity contribution in [2.75, 3.05) is 0 Å². The molecule has 0 saturated carbocycles. The van der Waals surface area contributed by atoms with Crippen LogP contribution in [-0.2, 0) is 17.8 Å². The van der Waals surface area contributed by atoms with E-state index in [1.54, 1.807) is 36.5 Å². The first-order valence-electron chi connectivity index (χ1n) is 8.79. The third-order valence-corrected chi connectivity index (χ3v) is 6.40. The predicted molar refractivity (Wildman–Crippen MR) is 112 cm³/mol. The zero-order valence-electron chi connectivity index (χ0n) is 15.9. The molecule has 3 rings (SSSR count). The maximum absolute atomic E-state index is 12.3. The van der Waals surface area contributed by atoms with Crippen LogP contribution < -0.4 is 10.9 Å². The van der Waals surface area contributed by atoms with Gasteiger partial charge in [0.2, 0.25) is 5.91 Å². The molecular formula is C20H20N4O2S2. The Morgan fingerprint density at radius 1 is 1.32 bits per heavy atom. The van der Waals surface area contributed by atoms with Crippen LogP contribution in [0.4, 0.5) is 0 Å². The highest BCUT2D eigenvalue weighted by Gasteiger charge is 2.13. The minimum Gasteiger partial charge on any atom is -0.351 e. The Labute approximate surface area is 170 Å². The van der Waals surface area contributed by atoms with Crippen LogP contribution in [0.5, 0.6) is 0 Å². The van der Waals surface area contributed by atoms with Crippen LogP contribution in [0.25, 0.3) is 10.6 Å². The second-order valence-electron chi connectivity index (χ2n) is 6.46. The Morgan fingerprint density at radius 2 is 2.11 bits per heavy atom. The van der Waals surface area contributed by atoms with E-state index in [4.69, 9.17) is 5.26 Å². The Bertz CT molecular complexity index is 1120. The molecule has 8 heteroatoms. The smallest absolute Gasteiger partial charge is 0.266 e. The minimum atomic E-state index is -0.380. The summed E-state index contributed by atoms with van der Waals surface area (Å²) in [5.74, 6) is -0.0667. The summed E-state index contributed by atoms with van der Waals surface area (Å²) < 4.78 is 0. The van der Waals surface area contributed by atoms with Crippen LogP contribution in [0.2, 0.25) is 0 Å². The number of carbonyl (C=O) groups is 1. The summed E-state index contributed by atoms with van der Waals surface area (Å²) in [6.45, 7) is 5.99. The number of aromatic nitrogens is 2. The molecule has 2 N–H and O–H groups in total. The van der Waals surface area contributed by atoms with Crippen molar-refractivity contribution < 1.29 is 4.79 Å². The zero-order valence-corrected chi connectivity index (χ0v) is 17.5. The van der Waals surface area contributed by atoms with Crippen LogP contribution in [0.1, 0.15) is 38.7 Å². The zero-order chi connectivity index (χ0) is 20.3. The lowest BCUT2D eigenvalue weighted by molar-refractivity contribution is -0.121. The van der Waals surface area contributed by atoms with E-state index in [0.717, 1.165) is 26.0 Å². The van der Waals surface area contributed by atoms with Crippen molar-refractivity contribution in [3.63, 3.8) is 0 Å². The van der Waals surface area contributed by atoms with Crippen molar-refractivity contribution in [2.45, 2.75) is 40.2 Å². The fourth-order valence-corrected chi connectivity index (χ4v) is 4.62. The van der Waals surface area contributed by atoms with E-state index in [-0.39, 0.29) is 17.0 Å². The number of nitriles is 1. The van der Waals surface area contributed by atoms with E-state index < -0.39 is 0 Å². The molecule has 0 aliphatic rings. The van der Waals surface area contributed by atoms with E-state index in [2.05, 4.69) is 15.3 Å². The first-order chi connectivity index (χ1) is 13.4. The maximum Gasteiger partial charge on any atom is 0.266 e. The fourth-order valence-electron chi connectivity index (χ4n) is 3.02. The Hall–Kier alpha value is -2.76. The lowest BCUT2D eigenvalue weighted by Gasteiger charge is -2.10. The third-order valence-electron chi connectivity index (χ3n) is 4.52. The molecule has 0 aliphatic heterocycles. The summed E-state index contributed by atoms with van der Waals surface area (Å²) in [4.78, 5) is 33.4. The number of H-pyrrole nitrogens is 1. The molecule has 0 fully saturated rings. The van der Waals surface area contributed by atoms with Gasteiger partial charge >= 0.3 is 0 Å². The summed E-state index contributed by atoms with van der Waals surface area (Å²) in [5, 5.41) is 15.1. The average Bonchev–Trinajstić information content (AvgIpc) is 3.28. The van der Waals surface area contributed by atoms with E-state index in [9.17, 15) is 9.59 Å². The Balaban J connectivity index is 1.58. The van der Waals surface area contributed by atoms with Gasteiger partial charge in [-0.3, -0.25) is 9.59 Å². The predicted octanol–water partition coefficient (Wildman–Crippen LogP) is 3.61. The molecule has 0 aliphatic carbocycles. The highest BCUT2D eigenvalue weighted by molar-refractivity contribution is 7.16. The van der Waals surface area contributed by atoms with Gasteiger partial charge in [-0.1, -0.05) is 0 Å². The fraction of sp³-hybridized carbons (Fsp3) is 0.300. The van der Waals surface area contributed by atoms with Gasteiger partial charge in [-0.25, -0.2) is 4.98 Å². The van der Waals surface area contributed by atoms with Crippen LogP contribution in [0.15, 0.2) is 22.3 Å². The van der Waals surface area contributed by atoms with Crippen LogP contribution in [0.3, 0.4) is 0 Å². The van der Waals surface area contributed by atoms with Gasteiger partial charge < -0.3 is 10.3 Å². The first kappa shape index (κ1) is 20.0. The first-order valence-corrected chi connectivity index (χ1v) is 10.5. The molecule has 1 amide bonds. The van der Waals surface area contributed by atoms with Crippen molar-refractivity contribution in [3.8, 4) is 16.6 Å². The van der Waals surface area contributed by atoms with Gasteiger partial charge in [-0.15, -0.1) is 22.7 Å². The molecule has 0 radical (unpaired) electrons. The molecule has 3 aromatic heterocycles. The summed E-state index contributed by atoms with van der Waals surface area (Å²) in [6, 6.07) is 5.96. The monoisotopic (exact) mass is 412 g/mol. The molecule has 6 nitrogen and oxygen atoms in total. The molecule has 0 bridgehead atoms. The number of aromatic amines is 1. The van der Waals surface area contributed by atoms with Gasteiger partial charge in [0.1, 0.15) is 11.6 Å². The number of thiazole rings is 1. The van der Waals surface area contributed by atoms with E-state index >= 15 is 0 Å². The van der Waals surface area contributed by atoms with Gasteiger partial charge in [-0.2, -0.15) is 5.26 Å².